The first kappa shape index (κ1) is 12.4. The van der Waals surface area contributed by atoms with Crippen LogP contribution in [0.5, 0.6) is 5.75 Å². The molecule has 0 aromatic heterocycles. The average molecular weight is 281 g/mol. The Kier molecular flexibility index (Phi) is 3.35. The largest absolute Gasteiger partial charge is 0.493 e. The van der Waals surface area contributed by atoms with Gasteiger partial charge >= 0.3 is 0 Å². The van der Waals surface area contributed by atoms with Crippen molar-refractivity contribution in [3.05, 3.63) is 27.7 Å². The molecule has 0 aliphatic rings. The quantitative estimate of drug-likeness (QED) is 0.844. The van der Waals surface area contributed by atoms with Crippen LogP contribution in [0, 0.1) is 11.6 Å². The van der Waals surface area contributed by atoms with E-state index in [0.717, 1.165) is 6.07 Å². The van der Waals surface area contributed by atoms with E-state index in [-0.39, 0.29) is 15.8 Å². The van der Waals surface area contributed by atoms with Crippen LogP contribution in [-0.4, -0.2) is 12.2 Å². The highest BCUT2D eigenvalue weighted by molar-refractivity contribution is 9.10. The molecule has 5 heteroatoms. The smallest absolute Gasteiger partial charge is 0.166 e. The van der Waals surface area contributed by atoms with Crippen LogP contribution in [0.3, 0.4) is 0 Å². The van der Waals surface area contributed by atoms with E-state index in [1.54, 1.807) is 0 Å². The van der Waals surface area contributed by atoms with Gasteiger partial charge in [0.15, 0.2) is 11.6 Å². The summed E-state index contributed by atoms with van der Waals surface area (Å²) in [4.78, 5) is 0. The monoisotopic (exact) mass is 280 g/mol. The van der Waals surface area contributed by atoms with Crippen LogP contribution >= 0.6 is 15.9 Å². The standard InChI is InChI=1S/C10H11BrF2O2/c1-10(2,14)7-8(13)5(11)4-6(12)9(7)15-3/h4,14H,1-3H3. The predicted molar refractivity (Wildman–Crippen MR) is 55.9 cm³/mol. The Labute approximate surface area is 95.0 Å². The fourth-order valence-corrected chi connectivity index (χ4v) is 1.72. The Bertz CT molecular complexity index is 386. The van der Waals surface area contributed by atoms with E-state index in [1.807, 2.05) is 0 Å². The molecule has 2 nitrogen and oxygen atoms in total. The van der Waals surface area contributed by atoms with Crippen molar-refractivity contribution in [1.82, 2.24) is 0 Å². The average Bonchev–Trinajstić information content (AvgIpc) is 2.08. The molecule has 0 fully saturated rings. The van der Waals surface area contributed by atoms with Gasteiger partial charge in [-0.25, -0.2) is 8.78 Å². The van der Waals surface area contributed by atoms with E-state index in [4.69, 9.17) is 4.74 Å². The molecule has 1 rings (SSSR count). The molecule has 1 aromatic carbocycles. The number of ether oxygens (including phenoxy) is 1. The summed E-state index contributed by atoms with van der Waals surface area (Å²) >= 11 is 2.87. The number of rotatable bonds is 2. The molecule has 0 bridgehead atoms. The lowest BCUT2D eigenvalue weighted by molar-refractivity contribution is 0.0705. The Balaban J connectivity index is 3.59. The SMILES string of the molecule is COc1c(F)cc(Br)c(F)c1C(C)(C)O. The summed E-state index contributed by atoms with van der Waals surface area (Å²) in [6, 6.07) is 0.962. The van der Waals surface area contributed by atoms with Crippen molar-refractivity contribution in [2.24, 2.45) is 0 Å². The molecule has 0 spiro atoms. The van der Waals surface area contributed by atoms with Crippen LogP contribution < -0.4 is 4.74 Å². The van der Waals surface area contributed by atoms with Crippen molar-refractivity contribution in [3.63, 3.8) is 0 Å². The second kappa shape index (κ2) is 4.06. The lowest BCUT2D eigenvalue weighted by Gasteiger charge is -2.22. The second-order valence-corrected chi connectivity index (χ2v) is 4.48. The third-order valence-electron chi connectivity index (χ3n) is 1.94. The van der Waals surface area contributed by atoms with Crippen molar-refractivity contribution in [2.45, 2.75) is 19.4 Å². The summed E-state index contributed by atoms with van der Waals surface area (Å²) in [6.45, 7) is 2.72. The molecular formula is C10H11BrF2O2. The van der Waals surface area contributed by atoms with Gasteiger partial charge in [0.25, 0.3) is 0 Å². The normalized spacial score (nSPS) is 11.7. The fraction of sp³-hybridized carbons (Fsp3) is 0.400. The molecule has 0 radical (unpaired) electrons. The zero-order valence-electron chi connectivity index (χ0n) is 8.57. The van der Waals surface area contributed by atoms with Crippen molar-refractivity contribution in [3.8, 4) is 5.75 Å². The van der Waals surface area contributed by atoms with Gasteiger partial charge in [0.05, 0.1) is 22.7 Å². The topological polar surface area (TPSA) is 29.5 Å². The molecule has 0 aliphatic carbocycles. The summed E-state index contributed by atoms with van der Waals surface area (Å²) in [5, 5.41) is 9.72. The summed E-state index contributed by atoms with van der Waals surface area (Å²) in [6.07, 6.45) is 0. The first-order chi connectivity index (χ1) is 6.79. The maximum Gasteiger partial charge on any atom is 0.166 e. The van der Waals surface area contributed by atoms with Crippen molar-refractivity contribution < 1.29 is 18.6 Å². The minimum absolute atomic E-state index is 0.0436. The number of aliphatic hydroxyl groups is 1. The van der Waals surface area contributed by atoms with Crippen LogP contribution in [0.15, 0.2) is 10.5 Å². The summed E-state index contributed by atoms with van der Waals surface area (Å²) in [5.74, 6) is -1.72. The van der Waals surface area contributed by atoms with Crippen LogP contribution in [0.2, 0.25) is 0 Å². The molecule has 15 heavy (non-hydrogen) atoms. The highest BCUT2D eigenvalue weighted by Gasteiger charge is 2.29. The van der Waals surface area contributed by atoms with Crippen molar-refractivity contribution >= 4 is 15.9 Å². The zero-order chi connectivity index (χ0) is 11.8. The summed E-state index contributed by atoms with van der Waals surface area (Å²) < 4.78 is 31.8. The molecule has 0 aliphatic heterocycles. The second-order valence-electron chi connectivity index (χ2n) is 3.62. The van der Waals surface area contributed by atoms with E-state index >= 15 is 0 Å². The summed E-state index contributed by atoms with van der Waals surface area (Å²) in [5.41, 5.74) is -1.71. The number of halogens is 3. The summed E-state index contributed by atoms with van der Waals surface area (Å²) in [7, 11) is 1.22. The third-order valence-corrected chi connectivity index (χ3v) is 2.52. The maximum atomic E-state index is 13.7. The van der Waals surface area contributed by atoms with E-state index in [1.165, 1.54) is 21.0 Å². The first-order valence-electron chi connectivity index (χ1n) is 4.23. The molecule has 0 atom stereocenters. The third kappa shape index (κ3) is 2.29. The van der Waals surface area contributed by atoms with Gasteiger partial charge in [-0.3, -0.25) is 0 Å². The Morgan fingerprint density at radius 3 is 2.33 bits per heavy atom. The first-order valence-corrected chi connectivity index (χ1v) is 5.02. The van der Waals surface area contributed by atoms with Gasteiger partial charge in [-0.05, 0) is 35.8 Å². The van der Waals surface area contributed by atoms with E-state index in [0.29, 0.717) is 0 Å². The van der Waals surface area contributed by atoms with Crippen molar-refractivity contribution in [2.75, 3.05) is 7.11 Å². The maximum absolute atomic E-state index is 13.7. The van der Waals surface area contributed by atoms with E-state index in [2.05, 4.69) is 15.9 Å². The number of hydrogen-bond donors (Lipinski definition) is 1. The Morgan fingerprint density at radius 1 is 1.40 bits per heavy atom. The molecule has 1 N–H and O–H groups in total. The highest BCUT2D eigenvalue weighted by Crippen LogP contribution is 2.37. The van der Waals surface area contributed by atoms with Gasteiger partial charge in [0.2, 0.25) is 0 Å². The Morgan fingerprint density at radius 2 is 1.93 bits per heavy atom. The van der Waals surface area contributed by atoms with Gasteiger partial charge in [0, 0.05) is 0 Å². The molecule has 0 saturated heterocycles. The van der Waals surface area contributed by atoms with E-state index < -0.39 is 17.2 Å². The van der Waals surface area contributed by atoms with Crippen molar-refractivity contribution in [1.29, 1.82) is 0 Å². The van der Waals surface area contributed by atoms with Gasteiger partial charge < -0.3 is 9.84 Å². The van der Waals surface area contributed by atoms with Crippen LogP contribution in [-0.2, 0) is 5.60 Å². The van der Waals surface area contributed by atoms with Crippen LogP contribution in [0.25, 0.3) is 0 Å². The number of hydrogen-bond acceptors (Lipinski definition) is 2. The molecule has 84 valence electrons. The Hall–Kier alpha value is -0.680. The molecule has 0 unspecified atom stereocenters. The molecule has 0 saturated carbocycles. The molecule has 1 aromatic rings. The molecular weight excluding hydrogens is 270 g/mol. The number of methoxy groups -OCH3 is 1. The van der Waals surface area contributed by atoms with Gasteiger partial charge in [-0.2, -0.15) is 0 Å². The van der Waals surface area contributed by atoms with Gasteiger partial charge in [0.1, 0.15) is 5.82 Å². The number of benzene rings is 1. The zero-order valence-corrected chi connectivity index (χ0v) is 10.2. The van der Waals surface area contributed by atoms with E-state index in [9.17, 15) is 13.9 Å². The van der Waals surface area contributed by atoms with Crippen LogP contribution in [0.1, 0.15) is 19.4 Å². The lowest BCUT2D eigenvalue weighted by Crippen LogP contribution is -2.20. The minimum atomic E-state index is -1.51. The molecule has 0 heterocycles. The van der Waals surface area contributed by atoms with Crippen LogP contribution in [0.4, 0.5) is 8.78 Å². The van der Waals surface area contributed by atoms with Gasteiger partial charge in [-0.15, -0.1) is 0 Å². The minimum Gasteiger partial charge on any atom is -0.493 e. The highest BCUT2D eigenvalue weighted by atomic mass is 79.9. The predicted octanol–water partition coefficient (Wildman–Crippen LogP) is 2.96. The molecule has 0 amide bonds. The lowest BCUT2D eigenvalue weighted by atomic mass is 9.96. The fourth-order valence-electron chi connectivity index (χ4n) is 1.32. The van der Waals surface area contributed by atoms with Gasteiger partial charge in [-0.1, -0.05) is 0 Å².